The molecule has 1 heterocycles. The van der Waals surface area contributed by atoms with Gasteiger partial charge in [-0.15, -0.1) is 0 Å². The van der Waals surface area contributed by atoms with Crippen LogP contribution in [0.25, 0.3) is 0 Å². The van der Waals surface area contributed by atoms with Gasteiger partial charge in [0.25, 0.3) is 0 Å². The lowest BCUT2D eigenvalue weighted by atomic mass is 9.92. The van der Waals surface area contributed by atoms with Crippen molar-refractivity contribution in [2.24, 2.45) is 5.41 Å². The number of nitrogens with one attached hydrogen (secondary N) is 1. The Hall–Kier alpha value is -0.570. The summed E-state index contributed by atoms with van der Waals surface area (Å²) >= 11 is 0. The third kappa shape index (κ3) is 1.85. The molecule has 1 N–H and O–H groups in total. The van der Waals surface area contributed by atoms with Crippen LogP contribution in [0.2, 0.25) is 0 Å². The van der Waals surface area contributed by atoms with Gasteiger partial charge in [0.2, 0.25) is 5.91 Å². The standard InChI is InChI=1S/C10H20N2O/c1-6-7-8(13)12(5)9(11-7)10(2,3)4/h7,9,11H,6H2,1-5H3/t7-,9+/m0/s1. The average molecular weight is 184 g/mol. The van der Waals surface area contributed by atoms with Crippen molar-refractivity contribution in [1.29, 1.82) is 0 Å². The molecule has 1 amide bonds. The van der Waals surface area contributed by atoms with E-state index in [0.29, 0.717) is 0 Å². The lowest BCUT2D eigenvalue weighted by Gasteiger charge is -2.32. The number of amides is 1. The molecule has 2 atom stereocenters. The molecule has 76 valence electrons. The number of carbonyl (C=O) groups is 1. The second-order valence-corrected chi connectivity index (χ2v) is 4.85. The van der Waals surface area contributed by atoms with Crippen LogP contribution in [0.3, 0.4) is 0 Å². The Morgan fingerprint density at radius 1 is 1.46 bits per heavy atom. The SMILES string of the molecule is CC[C@@H]1N[C@@H](C(C)(C)C)N(C)C1=O. The zero-order valence-electron chi connectivity index (χ0n) is 9.22. The maximum atomic E-state index is 11.7. The van der Waals surface area contributed by atoms with E-state index < -0.39 is 0 Å². The van der Waals surface area contributed by atoms with Gasteiger partial charge in [-0.2, -0.15) is 0 Å². The van der Waals surface area contributed by atoms with Crippen molar-refractivity contribution < 1.29 is 4.79 Å². The smallest absolute Gasteiger partial charge is 0.240 e. The lowest BCUT2D eigenvalue weighted by Crippen LogP contribution is -2.45. The van der Waals surface area contributed by atoms with Gasteiger partial charge in [0.1, 0.15) is 0 Å². The fourth-order valence-electron chi connectivity index (χ4n) is 1.87. The van der Waals surface area contributed by atoms with Crippen molar-refractivity contribution in [3.63, 3.8) is 0 Å². The minimum Gasteiger partial charge on any atom is -0.328 e. The first-order valence-electron chi connectivity index (χ1n) is 4.90. The maximum absolute atomic E-state index is 11.7. The molecular formula is C10H20N2O. The van der Waals surface area contributed by atoms with E-state index in [0.717, 1.165) is 6.42 Å². The van der Waals surface area contributed by atoms with Gasteiger partial charge < -0.3 is 4.90 Å². The van der Waals surface area contributed by atoms with Gasteiger partial charge in [-0.3, -0.25) is 10.1 Å². The van der Waals surface area contributed by atoms with Crippen LogP contribution in [-0.2, 0) is 4.79 Å². The Bertz CT molecular complexity index is 207. The first-order valence-corrected chi connectivity index (χ1v) is 4.90. The van der Waals surface area contributed by atoms with Crippen LogP contribution in [0.4, 0.5) is 0 Å². The minimum absolute atomic E-state index is 0.0224. The van der Waals surface area contributed by atoms with E-state index in [2.05, 4.69) is 26.1 Å². The number of likely N-dealkylation sites (N-methyl/N-ethyl adjacent to an activating group) is 1. The summed E-state index contributed by atoms with van der Waals surface area (Å²) in [5.41, 5.74) is 0.105. The van der Waals surface area contributed by atoms with Crippen LogP contribution in [-0.4, -0.2) is 30.1 Å². The summed E-state index contributed by atoms with van der Waals surface area (Å²) in [4.78, 5) is 13.5. The Morgan fingerprint density at radius 2 is 2.00 bits per heavy atom. The highest BCUT2D eigenvalue weighted by molar-refractivity contribution is 5.84. The summed E-state index contributed by atoms with van der Waals surface area (Å²) in [6.07, 6.45) is 1.04. The minimum atomic E-state index is 0.0224. The van der Waals surface area contributed by atoms with Crippen LogP contribution >= 0.6 is 0 Å². The van der Waals surface area contributed by atoms with Gasteiger partial charge in [-0.25, -0.2) is 0 Å². The zero-order valence-corrected chi connectivity index (χ0v) is 9.22. The molecule has 0 unspecified atom stereocenters. The first-order chi connectivity index (χ1) is 5.88. The largest absolute Gasteiger partial charge is 0.328 e. The molecule has 0 saturated carbocycles. The van der Waals surface area contributed by atoms with Gasteiger partial charge in [-0.05, 0) is 11.8 Å². The molecule has 1 aliphatic rings. The number of hydrogen-bond acceptors (Lipinski definition) is 2. The van der Waals surface area contributed by atoms with Crippen molar-refractivity contribution in [1.82, 2.24) is 10.2 Å². The molecule has 1 fully saturated rings. The normalized spacial score (nSPS) is 29.9. The van der Waals surface area contributed by atoms with Crippen molar-refractivity contribution in [3.05, 3.63) is 0 Å². The van der Waals surface area contributed by atoms with Gasteiger partial charge in [0.05, 0.1) is 12.2 Å². The fraction of sp³-hybridized carbons (Fsp3) is 0.900. The Morgan fingerprint density at radius 3 is 2.23 bits per heavy atom. The maximum Gasteiger partial charge on any atom is 0.240 e. The molecule has 0 bridgehead atoms. The summed E-state index contributed by atoms with van der Waals surface area (Å²) in [6.45, 7) is 8.47. The summed E-state index contributed by atoms with van der Waals surface area (Å²) < 4.78 is 0. The van der Waals surface area contributed by atoms with E-state index in [-0.39, 0.29) is 23.5 Å². The molecule has 0 aromatic carbocycles. The van der Waals surface area contributed by atoms with E-state index in [1.54, 1.807) is 0 Å². The molecule has 0 spiro atoms. The Balaban J connectivity index is 2.77. The van der Waals surface area contributed by atoms with Crippen molar-refractivity contribution in [2.45, 2.75) is 46.3 Å². The van der Waals surface area contributed by atoms with E-state index in [1.807, 2.05) is 18.9 Å². The van der Waals surface area contributed by atoms with Crippen LogP contribution in [0, 0.1) is 5.41 Å². The number of carbonyl (C=O) groups excluding carboxylic acids is 1. The second kappa shape index (κ2) is 3.29. The summed E-state index contributed by atoms with van der Waals surface area (Å²) in [5.74, 6) is 0.224. The molecule has 3 heteroatoms. The van der Waals surface area contributed by atoms with Crippen LogP contribution < -0.4 is 5.32 Å². The van der Waals surface area contributed by atoms with Gasteiger partial charge in [-0.1, -0.05) is 27.7 Å². The van der Waals surface area contributed by atoms with Gasteiger partial charge >= 0.3 is 0 Å². The molecule has 0 radical (unpaired) electrons. The Kier molecular flexibility index (Phi) is 2.66. The number of nitrogens with zero attached hydrogens (tertiary/aromatic N) is 1. The predicted octanol–water partition coefficient (Wildman–Crippen LogP) is 1.20. The van der Waals surface area contributed by atoms with Gasteiger partial charge in [0, 0.05) is 7.05 Å². The molecule has 0 aliphatic carbocycles. The molecule has 0 aromatic heterocycles. The average Bonchev–Trinajstić information content (AvgIpc) is 2.28. The third-order valence-corrected chi connectivity index (χ3v) is 2.62. The third-order valence-electron chi connectivity index (χ3n) is 2.62. The topological polar surface area (TPSA) is 32.3 Å². The molecule has 1 saturated heterocycles. The number of hydrogen-bond donors (Lipinski definition) is 1. The van der Waals surface area contributed by atoms with Crippen molar-refractivity contribution in [3.8, 4) is 0 Å². The fourth-order valence-corrected chi connectivity index (χ4v) is 1.87. The first kappa shape index (κ1) is 10.5. The van der Waals surface area contributed by atoms with Crippen LogP contribution in [0.1, 0.15) is 34.1 Å². The van der Waals surface area contributed by atoms with Crippen LogP contribution in [0.15, 0.2) is 0 Å². The zero-order chi connectivity index (χ0) is 10.2. The number of rotatable bonds is 1. The molecule has 13 heavy (non-hydrogen) atoms. The molecule has 0 aromatic rings. The van der Waals surface area contributed by atoms with Crippen molar-refractivity contribution >= 4 is 5.91 Å². The summed E-state index contributed by atoms with van der Waals surface area (Å²) in [6, 6.07) is 0.0224. The van der Waals surface area contributed by atoms with E-state index in [9.17, 15) is 4.79 Å². The van der Waals surface area contributed by atoms with Gasteiger partial charge in [0.15, 0.2) is 0 Å². The van der Waals surface area contributed by atoms with Crippen molar-refractivity contribution in [2.75, 3.05) is 7.05 Å². The second-order valence-electron chi connectivity index (χ2n) is 4.85. The molecule has 1 rings (SSSR count). The molecule has 1 aliphatic heterocycles. The molecule has 3 nitrogen and oxygen atoms in total. The molecular weight excluding hydrogens is 164 g/mol. The predicted molar refractivity (Wildman–Crippen MR) is 53.2 cm³/mol. The quantitative estimate of drug-likeness (QED) is 0.664. The van der Waals surface area contributed by atoms with E-state index >= 15 is 0 Å². The summed E-state index contributed by atoms with van der Waals surface area (Å²) in [5, 5.41) is 3.36. The van der Waals surface area contributed by atoms with E-state index in [4.69, 9.17) is 0 Å². The summed E-state index contributed by atoms with van der Waals surface area (Å²) in [7, 11) is 1.88. The van der Waals surface area contributed by atoms with E-state index in [1.165, 1.54) is 0 Å². The highest BCUT2D eigenvalue weighted by atomic mass is 16.2. The Labute approximate surface area is 80.5 Å². The lowest BCUT2D eigenvalue weighted by molar-refractivity contribution is -0.129. The highest BCUT2D eigenvalue weighted by Crippen LogP contribution is 2.26. The monoisotopic (exact) mass is 184 g/mol. The van der Waals surface area contributed by atoms with Crippen LogP contribution in [0.5, 0.6) is 0 Å². The highest BCUT2D eigenvalue weighted by Gasteiger charge is 2.41.